The Kier molecular flexibility index (Phi) is 7.04. The lowest BCUT2D eigenvalue weighted by atomic mass is 9.90. The second-order valence-electron chi connectivity index (χ2n) is 9.37. The Morgan fingerprint density at radius 3 is 2.52 bits per heavy atom. The molecule has 180 valence electrons. The third-order valence-electron chi connectivity index (χ3n) is 5.83. The van der Waals surface area contributed by atoms with Crippen molar-refractivity contribution >= 4 is 23.8 Å². The van der Waals surface area contributed by atoms with Crippen molar-refractivity contribution in [1.29, 1.82) is 0 Å². The molecule has 0 spiro atoms. The quantitative estimate of drug-likeness (QED) is 0.670. The molecule has 3 unspecified atom stereocenters. The SMILES string of the molecule is COC(=O)C1CC(=O)CN1C(=O)CC(NC(=O)OC(C)(C)C)C1CCc2cc(F)c(F)cc21. The molecule has 1 aliphatic heterocycles. The fourth-order valence-corrected chi connectivity index (χ4v) is 4.41. The molecule has 3 atom stereocenters. The molecule has 1 fully saturated rings. The van der Waals surface area contributed by atoms with Crippen molar-refractivity contribution in [2.75, 3.05) is 13.7 Å². The molecule has 0 saturated carbocycles. The molecular formula is C23H28F2N2O6. The number of benzene rings is 1. The number of methoxy groups -OCH3 is 1. The van der Waals surface area contributed by atoms with Crippen LogP contribution in [-0.4, -0.2) is 60.0 Å². The lowest BCUT2D eigenvalue weighted by Gasteiger charge is -2.30. The largest absolute Gasteiger partial charge is 0.467 e. The van der Waals surface area contributed by atoms with E-state index in [1.54, 1.807) is 20.8 Å². The first kappa shape index (κ1) is 24.6. The van der Waals surface area contributed by atoms with Gasteiger partial charge in [0.15, 0.2) is 17.4 Å². The number of amides is 2. The number of aryl methyl sites for hydroxylation is 1. The summed E-state index contributed by atoms with van der Waals surface area (Å²) in [7, 11) is 1.17. The van der Waals surface area contributed by atoms with Crippen LogP contribution in [0.3, 0.4) is 0 Å². The Morgan fingerprint density at radius 2 is 1.88 bits per heavy atom. The molecule has 0 radical (unpaired) electrons. The number of hydrogen-bond acceptors (Lipinski definition) is 6. The normalized spacial score (nSPS) is 20.9. The average Bonchev–Trinajstić information content (AvgIpc) is 3.29. The third-order valence-corrected chi connectivity index (χ3v) is 5.83. The number of carbonyl (C=O) groups is 4. The Bertz CT molecular complexity index is 974. The van der Waals surface area contributed by atoms with E-state index in [9.17, 15) is 28.0 Å². The van der Waals surface area contributed by atoms with Gasteiger partial charge < -0.3 is 19.7 Å². The maximum atomic E-state index is 14.0. The molecule has 1 aromatic rings. The summed E-state index contributed by atoms with van der Waals surface area (Å²) in [4.78, 5) is 50.8. The van der Waals surface area contributed by atoms with Crippen LogP contribution in [0.2, 0.25) is 0 Å². The first-order valence-electron chi connectivity index (χ1n) is 10.8. The van der Waals surface area contributed by atoms with Crippen LogP contribution in [0.4, 0.5) is 13.6 Å². The van der Waals surface area contributed by atoms with E-state index < -0.39 is 53.2 Å². The number of nitrogens with zero attached hydrogens (tertiary/aromatic N) is 1. The number of rotatable bonds is 5. The van der Waals surface area contributed by atoms with E-state index in [2.05, 4.69) is 5.32 Å². The van der Waals surface area contributed by atoms with Crippen LogP contribution >= 0.6 is 0 Å². The van der Waals surface area contributed by atoms with Crippen molar-refractivity contribution in [2.45, 2.75) is 70.1 Å². The molecule has 1 N–H and O–H groups in total. The van der Waals surface area contributed by atoms with Gasteiger partial charge in [0.05, 0.1) is 13.7 Å². The highest BCUT2D eigenvalue weighted by molar-refractivity contribution is 5.97. The molecule has 3 rings (SSSR count). The number of nitrogens with one attached hydrogen (secondary N) is 1. The third kappa shape index (κ3) is 5.66. The highest BCUT2D eigenvalue weighted by Crippen LogP contribution is 2.38. The number of esters is 1. The van der Waals surface area contributed by atoms with Crippen LogP contribution in [0.5, 0.6) is 0 Å². The summed E-state index contributed by atoms with van der Waals surface area (Å²) in [5.74, 6) is -3.97. The van der Waals surface area contributed by atoms with Gasteiger partial charge in [-0.15, -0.1) is 0 Å². The van der Waals surface area contributed by atoms with Gasteiger partial charge in [-0.2, -0.15) is 0 Å². The summed E-state index contributed by atoms with van der Waals surface area (Å²) in [5.41, 5.74) is 0.314. The van der Waals surface area contributed by atoms with E-state index in [4.69, 9.17) is 9.47 Å². The maximum absolute atomic E-state index is 14.0. The van der Waals surface area contributed by atoms with Gasteiger partial charge in [-0.1, -0.05) is 0 Å². The number of likely N-dealkylation sites (tertiary alicyclic amines) is 1. The number of fused-ring (bicyclic) bond motifs is 1. The van der Waals surface area contributed by atoms with E-state index in [0.717, 1.165) is 17.0 Å². The van der Waals surface area contributed by atoms with Crippen molar-refractivity contribution in [3.63, 3.8) is 0 Å². The minimum absolute atomic E-state index is 0.140. The maximum Gasteiger partial charge on any atom is 0.407 e. The average molecular weight is 466 g/mol. The van der Waals surface area contributed by atoms with Crippen LogP contribution in [0, 0.1) is 11.6 Å². The van der Waals surface area contributed by atoms with Crippen molar-refractivity contribution < 1.29 is 37.4 Å². The van der Waals surface area contributed by atoms with Gasteiger partial charge in [0.1, 0.15) is 11.6 Å². The zero-order valence-electron chi connectivity index (χ0n) is 19.1. The van der Waals surface area contributed by atoms with Gasteiger partial charge >= 0.3 is 12.1 Å². The van der Waals surface area contributed by atoms with Gasteiger partial charge in [0.25, 0.3) is 0 Å². The second kappa shape index (κ2) is 9.44. The molecule has 0 aromatic heterocycles. The van der Waals surface area contributed by atoms with Gasteiger partial charge in [-0.05, 0) is 56.9 Å². The van der Waals surface area contributed by atoms with Crippen molar-refractivity contribution in [2.24, 2.45) is 0 Å². The molecule has 1 heterocycles. The van der Waals surface area contributed by atoms with Gasteiger partial charge in [0.2, 0.25) is 5.91 Å². The Morgan fingerprint density at radius 1 is 1.21 bits per heavy atom. The summed E-state index contributed by atoms with van der Waals surface area (Å²) in [6.07, 6.45) is -0.267. The fraction of sp³-hybridized carbons (Fsp3) is 0.565. The smallest absolute Gasteiger partial charge is 0.407 e. The monoisotopic (exact) mass is 466 g/mol. The summed E-state index contributed by atoms with van der Waals surface area (Å²) >= 11 is 0. The van der Waals surface area contributed by atoms with Gasteiger partial charge in [-0.3, -0.25) is 9.59 Å². The number of ether oxygens (including phenoxy) is 2. The molecule has 2 aliphatic rings. The minimum Gasteiger partial charge on any atom is -0.467 e. The van der Waals surface area contributed by atoms with Gasteiger partial charge in [0, 0.05) is 24.8 Å². The predicted octanol–water partition coefficient (Wildman–Crippen LogP) is 2.62. The highest BCUT2D eigenvalue weighted by Gasteiger charge is 2.42. The number of carbonyl (C=O) groups excluding carboxylic acids is 4. The minimum atomic E-state index is -1.03. The number of ketones is 1. The molecule has 8 nitrogen and oxygen atoms in total. The lowest BCUT2D eigenvalue weighted by molar-refractivity contribution is -0.151. The summed E-state index contributed by atoms with van der Waals surface area (Å²) in [6, 6.07) is 0.364. The standard InChI is InChI=1S/C23H28F2N2O6/c1-23(2,3)33-22(31)26-18(14-6-5-12-7-16(24)17(25)9-15(12)14)10-20(29)27-11-13(28)8-19(27)21(30)32-4/h7,9,14,18-19H,5-6,8,10-11H2,1-4H3,(H,26,31). The van der Waals surface area contributed by atoms with Crippen molar-refractivity contribution in [1.82, 2.24) is 10.2 Å². The molecule has 1 saturated heterocycles. The molecule has 33 heavy (non-hydrogen) atoms. The van der Waals surface area contributed by atoms with E-state index in [1.807, 2.05) is 0 Å². The molecular weight excluding hydrogens is 438 g/mol. The van der Waals surface area contributed by atoms with E-state index in [0.29, 0.717) is 24.0 Å². The summed E-state index contributed by atoms with van der Waals surface area (Å²) in [6.45, 7) is 4.82. The lowest BCUT2D eigenvalue weighted by Crippen LogP contribution is -2.47. The Balaban J connectivity index is 1.86. The second-order valence-corrected chi connectivity index (χ2v) is 9.37. The Labute approximate surface area is 190 Å². The first-order chi connectivity index (χ1) is 15.4. The number of alkyl carbamates (subject to hydrolysis) is 1. The van der Waals surface area contributed by atoms with Gasteiger partial charge in [-0.25, -0.2) is 18.4 Å². The van der Waals surface area contributed by atoms with Crippen LogP contribution in [0.15, 0.2) is 12.1 Å². The molecule has 1 aromatic carbocycles. The Hall–Kier alpha value is -3.04. The van der Waals surface area contributed by atoms with E-state index in [1.165, 1.54) is 7.11 Å². The first-order valence-corrected chi connectivity index (χ1v) is 10.8. The zero-order valence-corrected chi connectivity index (χ0v) is 19.1. The predicted molar refractivity (Wildman–Crippen MR) is 112 cm³/mol. The van der Waals surface area contributed by atoms with E-state index in [-0.39, 0.29) is 25.2 Å². The number of halogens is 2. The van der Waals surface area contributed by atoms with Crippen LogP contribution in [0.25, 0.3) is 0 Å². The van der Waals surface area contributed by atoms with E-state index >= 15 is 0 Å². The molecule has 1 aliphatic carbocycles. The zero-order chi connectivity index (χ0) is 24.5. The van der Waals surface area contributed by atoms with Crippen molar-refractivity contribution in [3.8, 4) is 0 Å². The molecule has 2 amide bonds. The summed E-state index contributed by atoms with van der Waals surface area (Å²) in [5, 5.41) is 2.69. The number of Topliss-reactive ketones (excluding diaryl/α,β-unsaturated/α-hetero) is 1. The van der Waals surface area contributed by atoms with Crippen LogP contribution < -0.4 is 5.32 Å². The highest BCUT2D eigenvalue weighted by atomic mass is 19.2. The summed E-state index contributed by atoms with van der Waals surface area (Å²) < 4.78 is 37.7. The van der Waals surface area contributed by atoms with Crippen LogP contribution in [0.1, 0.15) is 57.1 Å². The molecule has 10 heteroatoms. The topological polar surface area (TPSA) is 102 Å². The molecule has 0 bridgehead atoms. The fourth-order valence-electron chi connectivity index (χ4n) is 4.41. The van der Waals surface area contributed by atoms with Crippen LogP contribution in [-0.2, 0) is 30.3 Å². The number of hydrogen-bond donors (Lipinski definition) is 1. The van der Waals surface area contributed by atoms with Crippen molar-refractivity contribution in [3.05, 3.63) is 34.9 Å².